The van der Waals surface area contributed by atoms with Crippen LogP contribution in [0.5, 0.6) is 0 Å². The highest BCUT2D eigenvalue weighted by Gasteiger charge is 2.52. The van der Waals surface area contributed by atoms with Crippen molar-refractivity contribution >= 4 is 11.9 Å². The maximum atomic E-state index is 14.4. The number of anilines is 1. The first kappa shape index (κ1) is 29.8. The number of carbonyl (C=O) groups is 1. The Labute approximate surface area is 216 Å². The molecular formula is C26H35F3N6O2. The zero-order chi connectivity index (χ0) is 28.0. The zero-order valence-corrected chi connectivity index (χ0v) is 22.1. The summed E-state index contributed by atoms with van der Waals surface area (Å²) in [4.78, 5) is 25.9. The number of rotatable bonds is 5. The summed E-state index contributed by atoms with van der Waals surface area (Å²) in [6, 6.07) is -0.0878. The summed E-state index contributed by atoms with van der Waals surface area (Å²) in [5, 5.41) is 7.32. The molecule has 0 aromatic carbocycles. The number of nitriles is 1. The summed E-state index contributed by atoms with van der Waals surface area (Å²) in [7, 11) is 0. The van der Waals surface area contributed by atoms with E-state index >= 15 is 0 Å². The first-order valence-electron chi connectivity index (χ1n) is 11.9. The molecule has 1 aromatic heterocycles. The molecule has 0 saturated carbocycles. The van der Waals surface area contributed by atoms with E-state index in [0.29, 0.717) is 43.3 Å². The third kappa shape index (κ3) is 7.79. The number of fused-ring (bicyclic) bond motifs is 1. The molecule has 2 aliphatic heterocycles. The van der Waals surface area contributed by atoms with E-state index in [9.17, 15) is 18.0 Å². The van der Waals surface area contributed by atoms with Crippen molar-refractivity contribution in [3.05, 3.63) is 54.0 Å². The predicted octanol–water partition coefficient (Wildman–Crippen LogP) is 5.09. The van der Waals surface area contributed by atoms with Crippen LogP contribution in [0.1, 0.15) is 50.8 Å². The van der Waals surface area contributed by atoms with E-state index < -0.39 is 23.9 Å². The summed E-state index contributed by atoms with van der Waals surface area (Å²) in [5.74, 6) is 0.695. The van der Waals surface area contributed by atoms with E-state index in [4.69, 9.17) is 10.00 Å². The van der Waals surface area contributed by atoms with Gasteiger partial charge in [0.1, 0.15) is 23.3 Å². The molecule has 1 unspecified atom stereocenters. The smallest absolute Gasteiger partial charge is 0.410 e. The molecule has 0 aliphatic carbocycles. The number of aryl methyl sites for hydroxylation is 1. The van der Waals surface area contributed by atoms with Gasteiger partial charge in [-0.1, -0.05) is 31.4 Å². The average molecular weight is 521 g/mol. The average Bonchev–Trinajstić information content (AvgIpc) is 3.15. The fourth-order valence-corrected chi connectivity index (χ4v) is 4.25. The second-order valence-corrected chi connectivity index (χ2v) is 9.66. The van der Waals surface area contributed by atoms with E-state index in [-0.39, 0.29) is 24.5 Å². The summed E-state index contributed by atoms with van der Waals surface area (Å²) >= 11 is 0. The van der Waals surface area contributed by atoms with Gasteiger partial charge in [0, 0.05) is 51.8 Å². The Balaban J connectivity index is 0.00000153. The van der Waals surface area contributed by atoms with E-state index in [0.717, 1.165) is 0 Å². The van der Waals surface area contributed by atoms with Crippen molar-refractivity contribution in [3.63, 3.8) is 0 Å². The number of halogens is 3. The number of hydrogen-bond donors (Lipinski definition) is 0. The van der Waals surface area contributed by atoms with Crippen LogP contribution in [-0.2, 0) is 11.3 Å². The van der Waals surface area contributed by atoms with Crippen LogP contribution in [0.25, 0.3) is 0 Å². The van der Waals surface area contributed by atoms with Crippen LogP contribution in [0.4, 0.5) is 23.8 Å². The van der Waals surface area contributed by atoms with Gasteiger partial charge in [-0.05, 0) is 33.3 Å². The molecule has 11 heteroatoms. The molecule has 1 atom stereocenters. The maximum absolute atomic E-state index is 14.4. The number of aromatic nitrogens is 2. The minimum absolute atomic E-state index is 0.0517. The van der Waals surface area contributed by atoms with Crippen LogP contribution < -0.4 is 4.90 Å². The summed E-state index contributed by atoms with van der Waals surface area (Å²) < 4.78 is 48.5. The fourth-order valence-electron chi connectivity index (χ4n) is 4.25. The van der Waals surface area contributed by atoms with Gasteiger partial charge in [0.15, 0.2) is 0 Å². The molecule has 1 saturated heterocycles. The monoisotopic (exact) mass is 520 g/mol. The van der Waals surface area contributed by atoms with Crippen LogP contribution in [-0.4, -0.2) is 70.4 Å². The van der Waals surface area contributed by atoms with E-state index in [1.165, 1.54) is 24.0 Å². The number of amides is 1. The van der Waals surface area contributed by atoms with Gasteiger partial charge in [0.25, 0.3) is 0 Å². The maximum Gasteiger partial charge on any atom is 0.410 e. The minimum atomic E-state index is -4.52. The van der Waals surface area contributed by atoms with Gasteiger partial charge in [-0.3, -0.25) is 4.90 Å². The molecule has 3 rings (SSSR count). The molecule has 0 spiro atoms. The molecule has 37 heavy (non-hydrogen) atoms. The Kier molecular flexibility index (Phi) is 9.87. The molecule has 1 amide bonds. The summed E-state index contributed by atoms with van der Waals surface area (Å²) in [6.07, 6.45) is -0.232. The van der Waals surface area contributed by atoms with Crippen molar-refractivity contribution in [1.29, 1.82) is 5.26 Å². The van der Waals surface area contributed by atoms with Gasteiger partial charge in [-0.2, -0.15) is 18.4 Å². The number of piperazine rings is 1. The van der Waals surface area contributed by atoms with Crippen molar-refractivity contribution < 1.29 is 22.7 Å². The largest absolute Gasteiger partial charge is 0.444 e. The molecule has 0 N–H and O–H groups in total. The predicted molar refractivity (Wildman–Crippen MR) is 136 cm³/mol. The number of ether oxygens (including phenoxy) is 1. The van der Waals surface area contributed by atoms with Crippen LogP contribution in [0.15, 0.2) is 37.0 Å². The van der Waals surface area contributed by atoms with Gasteiger partial charge in [0.05, 0.1) is 11.8 Å². The highest BCUT2D eigenvalue weighted by atomic mass is 19.4. The summed E-state index contributed by atoms with van der Waals surface area (Å²) in [5.41, 5.74) is 0.480. The molecule has 0 bridgehead atoms. The van der Waals surface area contributed by atoms with Crippen LogP contribution in [0.3, 0.4) is 0 Å². The first-order chi connectivity index (χ1) is 17.2. The Bertz CT molecular complexity index is 1060. The Hall–Kier alpha value is -3.39. The molecule has 0 radical (unpaired) electrons. The van der Waals surface area contributed by atoms with Gasteiger partial charge in [0.2, 0.25) is 0 Å². The van der Waals surface area contributed by atoms with Gasteiger partial charge in [-0.15, -0.1) is 0 Å². The second-order valence-electron chi connectivity index (χ2n) is 9.66. The molecule has 3 heterocycles. The van der Waals surface area contributed by atoms with Crippen molar-refractivity contribution in [2.75, 3.05) is 37.6 Å². The molecule has 1 fully saturated rings. The lowest BCUT2D eigenvalue weighted by Crippen LogP contribution is -2.50. The van der Waals surface area contributed by atoms with Gasteiger partial charge in [-0.25, -0.2) is 14.8 Å². The molecule has 8 nitrogen and oxygen atoms in total. The van der Waals surface area contributed by atoms with E-state index in [1.807, 2.05) is 4.90 Å². The van der Waals surface area contributed by atoms with Crippen LogP contribution in [0.2, 0.25) is 0 Å². The Morgan fingerprint density at radius 2 is 1.78 bits per heavy atom. The third-order valence-electron chi connectivity index (χ3n) is 5.63. The highest BCUT2D eigenvalue weighted by Crippen LogP contribution is 2.47. The second kappa shape index (κ2) is 12.2. The lowest BCUT2D eigenvalue weighted by Gasteiger charge is -2.37. The number of carbonyl (C=O) groups excluding carboxylic acids is 1. The molecule has 1 aromatic rings. The zero-order valence-electron chi connectivity index (χ0n) is 22.1. The Morgan fingerprint density at radius 3 is 2.27 bits per heavy atom. The fraction of sp³-hybridized carbons (Fsp3) is 0.538. The van der Waals surface area contributed by atoms with E-state index in [1.54, 1.807) is 44.7 Å². The number of alkyl halides is 3. The number of nitrogens with zero attached hydrogens (tertiary/aromatic N) is 6. The normalized spacial score (nSPS) is 18.4. The quantitative estimate of drug-likeness (QED) is 0.500. The number of allylic oxidation sites excluding steroid dienone is 2. The SMILES string of the molecule is C=C/C=C(\C=C)CN1Cc2nc(C)nc(N3CCN(C(=O)OC(C)(C)C)CC3)c2C1C(F)(F)F.CC#N. The number of hydrogen-bond acceptors (Lipinski definition) is 7. The highest BCUT2D eigenvalue weighted by molar-refractivity contribution is 5.68. The molecule has 2 aliphatic rings. The topological polar surface area (TPSA) is 85.6 Å². The van der Waals surface area contributed by atoms with Crippen molar-refractivity contribution in [2.24, 2.45) is 0 Å². The van der Waals surface area contributed by atoms with Gasteiger partial charge < -0.3 is 14.5 Å². The minimum Gasteiger partial charge on any atom is -0.444 e. The molecular weight excluding hydrogens is 485 g/mol. The standard InChI is InChI=1S/C24H32F3N5O2.C2H3N/c1-7-9-17(8-2)14-32-15-18-19(20(32)24(25,26)27)21(29-16(3)28-18)30-10-12-31(13-11-30)22(33)34-23(4,5)6;1-2-3/h7-9,20H,1-2,10-15H2,3-6H3;1H3/b17-9+;. The van der Waals surface area contributed by atoms with Crippen molar-refractivity contribution in [1.82, 2.24) is 19.8 Å². The third-order valence-corrected chi connectivity index (χ3v) is 5.63. The van der Waals surface area contributed by atoms with Crippen LogP contribution >= 0.6 is 0 Å². The summed E-state index contributed by atoms with van der Waals surface area (Å²) in [6.45, 7) is 17.3. The van der Waals surface area contributed by atoms with Gasteiger partial charge >= 0.3 is 12.3 Å². The molecule has 202 valence electrons. The van der Waals surface area contributed by atoms with Crippen molar-refractivity contribution in [2.45, 2.75) is 59.0 Å². The Morgan fingerprint density at radius 1 is 1.19 bits per heavy atom. The first-order valence-corrected chi connectivity index (χ1v) is 11.9. The van der Waals surface area contributed by atoms with Crippen LogP contribution in [0, 0.1) is 18.3 Å². The lowest BCUT2D eigenvalue weighted by molar-refractivity contribution is -0.182. The van der Waals surface area contributed by atoms with E-state index in [2.05, 4.69) is 23.1 Å². The van der Waals surface area contributed by atoms with Crippen molar-refractivity contribution in [3.8, 4) is 6.07 Å². The lowest BCUT2D eigenvalue weighted by atomic mass is 10.1.